The maximum Gasteiger partial charge on any atom is 0.143 e. The van der Waals surface area contributed by atoms with Crippen LogP contribution in [0.15, 0.2) is 24.3 Å². The van der Waals surface area contributed by atoms with Gasteiger partial charge in [-0.25, -0.2) is 4.98 Å². The van der Waals surface area contributed by atoms with Crippen LogP contribution >= 0.6 is 11.6 Å². The van der Waals surface area contributed by atoms with Gasteiger partial charge < -0.3 is 5.73 Å². The molecule has 2 N–H and O–H groups in total. The van der Waals surface area contributed by atoms with Crippen LogP contribution in [0.25, 0.3) is 10.9 Å². The van der Waals surface area contributed by atoms with Gasteiger partial charge in [-0.05, 0) is 24.3 Å². The molecule has 2 rings (SSSR count). The number of fused-ring (bicyclic) bond motifs is 1. The van der Waals surface area contributed by atoms with Gasteiger partial charge in [0.15, 0.2) is 0 Å². The van der Waals surface area contributed by atoms with Crippen molar-refractivity contribution in [1.29, 1.82) is 5.26 Å². The zero-order chi connectivity index (χ0) is 10.1. The minimum atomic E-state index is 0.317. The fourth-order valence-electron chi connectivity index (χ4n) is 1.28. The van der Waals surface area contributed by atoms with Crippen LogP contribution in [0.1, 0.15) is 5.69 Å². The largest absolute Gasteiger partial charge is 0.398 e. The Bertz CT molecular complexity index is 543. The average molecular weight is 204 g/mol. The lowest BCUT2D eigenvalue weighted by Gasteiger charge is -2.01. The molecule has 14 heavy (non-hydrogen) atoms. The number of hydrogen-bond acceptors (Lipinski definition) is 3. The lowest BCUT2D eigenvalue weighted by Crippen LogP contribution is -1.92. The third-order valence-electron chi connectivity index (χ3n) is 1.92. The molecule has 1 heterocycles. The molecule has 2 aromatic rings. The molecule has 1 aromatic carbocycles. The number of nitriles is 1. The van der Waals surface area contributed by atoms with E-state index < -0.39 is 0 Å². The summed E-state index contributed by atoms with van der Waals surface area (Å²) in [6.45, 7) is 0. The average Bonchev–Trinajstić information content (AvgIpc) is 2.19. The highest BCUT2D eigenvalue weighted by atomic mass is 35.5. The third-order valence-corrected chi connectivity index (χ3v) is 2.15. The molecule has 0 unspecified atom stereocenters. The van der Waals surface area contributed by atoms with Gasteiger partial charge in [0.05, 0.1) is 5.52 Å². The van der Waals surface area contributed by atoms with E-state index in [-0.39, 0.29) is 0 Å². The van der Waals surface area contributed by atoms with E-state index in [4.69, 9.17) is 22.6 Å². The zero-order valence-corrected chi connectivity index (χ0v) is 7.92. The Morgan fingerprint density at radius 1 is 1.36 bits per heavy atom. The number of benzene rings is 1. The molecule has 0 aliphatic heterocycles. The third kappa shape index (κ3) is 1.36. The molecule has 3 nitrogen and oxygen atoms in total. The van der Waals surface area contributed by atoms with Gasteiger partial charge in [0.25, 0.3) is 0 Å². The first kappa shape index (κ1) is 8.79. The molecular formula is C10H6ClN3. The van der Waals surface area contributed by atoms with Gasteiger partial charge in [0, 0.05) is 16.1 Å². The molecule has 0 radical (unpaired) electrons. The number of halogens is 1. The van der Waals surface area contributed by atoms with Crippen LogP contribution < -0.4 is 5.73 Å². The van der Waals surface area contributed by atoms with Gasteiger partial charge in [0.2, 0.25) is 0 Å². The Hall–Kier alpha value is -1.79. The van der Waals surface area contributed by atoms with Crippen molar-refractivity contribution in [1.82, 2.24) is 4.98 Å². The smallest absolute Gasteiger partial charge is 0.143 e. The second-order valence-electron chi connectivity index (χ2n) is 2.87. The number of rotatable bonds is 0. The van der Waals surface area contributed by atoms with Crippen molar-refractivity contribution in [2.24, 2.45) is 0 Å². The summed E-state index contributed by atoms with van der Waals surface area (Å²) in [6, 6.07) is 8.69. The molecule has 0 spiro atoms. The Morgan fingerprint density at radius 2 is 2.14 bits per heavy atom. The zero-order valence-electron chi connectivity index (χ0n) is 7.16. The van der Waals surface area contributed by atoms with Crippen molar-refractivity contribution in [2.45, 2.75) is 0 Å². The van der Waals surface area contributed by atoms with Gasteiger partial charge in [-0.3, -0.25) is 0 Å². The number of anilines is 1. The first-order valence-corrected chi connectivity index (χ1v) is 4.34. The van der Waals surface area contributed by atoms with Crippen molar-refractivity contribution >= 4 is 28.2 Å². The normalized spacial score (nSPS) is 10.0. The molecule has 0 saturated heterocycles. The lowest BCUT2D eigenvalue weighted by molar-refractivity contribution is 1.33. The van der Waals surface area contributed by atoms with E-state index in [1.54, 1.807) is 24.3 Å². The summed E-state index contributed by atoms with van der Waals surface area (Å²) in [5, 5.41) is 10.1. The van der Waals surface area contributed by atoms with Crippen LogP contribution in [0.3, 0.4) is 0 Å². The molecule has 4 heteroatoms. The fraction of sp³-hybridized carbons (Fsp3) is 0. The Labute approximate surface area is 85.7 Å². The minimum Gasteiger partial charge on any atom is -0.398 e. The van der Waals surface area contributed by atoms with Gasteiger partial charge >= 0.3 is 0 Å². The number of hydrogen-bond donors (Lipinski definition) is 1. The molecular weight excluding hydrogens is 198 g/mol. The van der Waals surface area contributed by atoms with Gasteiger partial charge in [-0.1, -0.05) is 11.6 Å². The Morgan fingerprint density at radius 3 is 2.86 bits per heavy atom. The van der Waals surface area contributed by atoms with Crippen LogP contribution in [0, 0.1) is 11.3 Å². The summed E-state index contributed by atoms with van der Waals surface area (Å²) < 4.78 is 0. The van der Waals surface area contributed by atoms with Crippen LogP contribution in [-0.2, 0) is 0 Å². The highest BCUT2D eigenvalue weighted by Gasteiger charge is 2.03. The van der Waals surface area contributed by atoms with Gasteiger partial charge in [-0.15, -0.1) is 0 Å². The number of aromatic nitrogens is 1. The van der Waals surface area contributed by atoms with E-state index in [1.807, 2.05) is 6.07 Å². The number of nitrogens with two attached hydrogens (primary N) is 1. The predicted octanol–water partition coefficient (Wildman–Crippen LogP) is 2.34. The van der Waals surface area contributed by atoms with Crippen LogP contribution in [-0.4, -0.2) is 4.98 Å². The Balaban J connectivity index is 2.84. The topological polar surface area (TPSA) is 62.7 Å². The summed E-state index contributed by atoms with van der Waals surface area (Å²) in [7, 11) is 0. The van der Waals surface area contributed by atoms with Crippen molar-refractivity contribution in [3.63, 3.8) is 0 Å². The molecule has 0 fully saturated rings. The number of pyridine rings is 1. The fourth-order valence-corrected chi connectivity index (χ4v) is 1.45. The highest BCUT2D eigenvalue weighted by Crippen LogP contribution is 2.23. The first-order valence-electron chi connectivity index (χ1n) is 3.96. The molecule has 0 saturated carbocycles. The second-order valence-corrected chi connectivity index (χ2v) is 3.31. The van der Waals surface area contributed by atoms with Crippen molar-refractivity contribution < 1.29 is 0 Å². The van der Waals surface area contributed by atoms with Crippen molar-refractivity contribution in [3.8, 4) is 6.07 Å². The predicted molar refractivity (Wildman–Crippen MR) is 55.9 cm³/mol. The van der Waals surface area contributed by atoms with E-state index in [0.29, 0.717) is 21.9 Å². The van der Waals surface area contributed by atoms with E-state index >= 15 is 0 Å². The summed E-state index contributed by atoms with van der Waals surface area (Å²) in [5.74, 6) is 0. The molecule has 68 valence electrons. The van der Waals surface area contributed by atoms with E-state index in [2.05, 4.69) is 4.98 Å². The van der Waals surface area contributed by atoms with E-state index in [0.717, 1.165) is 5.39 Å². The van der Waals surface area contributed by atoms with Gasteiger partial charge in [-0.2, -0.15) is 5.26 Å². The molecule has 0 aliphatic carbocycles. The SMILES string of the molecule is N#Cc1cc(N)c2cc(Cl)ccc2n1. The van der Waals surface area contributed by atoms with Crippen molar-refractivity contribution in [2.75, 3.05) is 5.73 Å². The van der Waals surface area contributed by atoms with Gasteiger partial charge in [0.1, 0.15) is 11.8 Å². The van der Waals surface area contributed by atoms with Crippen LogP contribution in [0.4, 0.5) is 5.69 Å². The molecule has 0 amide bonds. The first-order chi connectivity index (χ1) is 6.70. The summed E-state index contributed by atoms with van der Waals surface area (Å²) in [6.07, 6.45) is 0. The van der Waals surface area contributed by atoms with E-state index in [9.17, 15) is 0 Å². The maximum atomic E-state index is 8.68. The molecule has 0 bridgehead atoms. The quantitative estimate of drug-likeness (QED) is 0.715. The standard InChI is InChI=1S/C10H6ClN3/c11-6-1-2-10-8(3-6)9(13)4-7(5-12)14-10/h1-4H,(H2,13,14). The van der Waals surface area contributed by atoms with Crippen LogP contribution in [0.5, 0.6) is 0 Å². The summed E-state index contributed by atoms with van der Waals surface area (Å²) in [5.41, 5.74) is 7.28. The maximum absolute atomic E-state index is 8.68. The summed E-state index contributed by atoms with van der Waals surface area (Å²) in [4.78, 5) is 4.10. The summed E-state index contributed by atoms with van der Waals surface area (Å²) >= 11 is 5.82. The van der Waals surface area contributed by atoms with Crippen molar-refractivity contribution in [3.05, 3.63) is 35.0 Å². The Kier molecular flexibility index (Phi) is 1.99. The highest BCUT2D eigenvalue weighted by molar-refractivity contribution is 6.31. The van der Waals surface area contributed by atoms with E-state index in [1.165, 1.54) is 0 Å². The monoisotopic (exact) mass is 203 g/mol. The molecule has 0 atom stereocenters. The second kappa shape index (κ2) is 3.17. The van der Waals surface area contributed by atoms with Crippen LogP contribution in [0.2, 0.25) is 5.02 Å². The molecule has 0 aliphatic rings. The minimum absolute atomic E-state index is 0.317. The number of nitrogen functional groups attached to an aromatic ring is 1. The number of nitrogens with zero attached hydrogens (tertiary/aromatic N) is 2. The lowest BCUT2D eigenvalue weighted by atomic mass is 10.1. The molecule has 1 aromatic heterocycles.